The topological polar surface area (TPSA) is 83.9 Å². The molecule has 0 bridgehead atoms. The molecule has 3 aromatic heterocycles. The number of hydrogen-bond donors (Lipinski definition) is 3. The maximum Gasteiger partial charge on any atom is 0.338 e. The Balaban J connectivity index is 1.46. The predicted octanol–water partition coefficient (Wildman–Crippen LogP) is 5.77. The number of hydrogen-bond acceptors (Lipinski definition) is 5. The third-order valence-corrected chi connectivity index (χ3v) is 6.16. The monoisotopic (exact) mass is 460 g/mol. The minimum Gasteiger partial charge on any atom is -0.298 e. The molecule has 0 unspecified atom stereocenters. The maximum absolute atomic E-state index is 12.3. The predicted molar refractivity (Wildman–Crippen MR) is 124 cm³/mol. The van der Waals surface area contributed by atoms with Crippen LogP contribution in [-0.2, 0) is 7.05 Å². The van der Waals surface area contributed by atoms with Gasteiger partial charge < -0.3 is 0 Å². The van der Waals surface area contributed by atoms with Gasteiger partial charge in [0.1, 0.15) is 10.2 Å². The summed E-state index contributed by atoms with van der Waals surface area (Å²) < 4.78 is 2.26. The van der Waals surface area contributed by atoms with Crippen molar-refractivity contribution in [3.63, 3.8) is 0 Å². The van der Waals surface area contributed by atoms with E-state index < -0.39 is 6.03 Å². The number of pyridine rings is 1. The minimum absolute atomic E-state index is 0.445. The first-order valence-electron chi connectivity index (χ1n) is 9.01. The number of hydrazine groups is 1. The van der Waals surface area contributed by atoms with E-state index in [4.69, 9.17) is 23.2 Å². The molecule has 3 N–H and O–H groups in total. The first-order chi connectivity index (χ1) is 14.3. The second-order valence-electron chi connectivity index (χ2n) is 6.71. The van der Waals surface area contributed by atoms with Crippen LogP contribution in [0, 0.1) is 13.8 Å². The zero-order valence-electron chi connectivity index (χ0n) is 16.4. The number of anilines is 2. The summed E-state index contributed by atoms with van der Waals surface area (Å²) in [7, 11) is 1.84. The fourth-order valence-corrected chi connectivity index (χ4v) is 4.72. The van der Waals surface area contributed by atoms with Crippen LogP contribution in [0.15, 0.2) is 36.4 Å². The Morgan fingerprint density at radius 1 is 1.13 bits per heavy atom. The highest BCUT2D eigenvalue weighted by molar-refractivity contribution is 7.20. The number of carbonyl (C=O) groups is 1. The first-order valence-corrected chi connectivity index (χ1v) is 10.6. The number of nitrogens with zero attached hydrogens (tertiary/aromatic N) is 3. The van der Waals surface area contributed by atoms with E-state index in [1.54, 1.807) is 16.8 Å². The highest BCUT2D eigenvalue weighted by Crippen LogP contribution is 2.41. The molecule has 0 aliphatic carbocycles. The molecule has 0 radical (unpaired) electrons. The van der Waals surface area contributed by atoms with Gasteiger partial charge in [0.15, 0.2) is 5.65 Å². The number of urea groups is 1. The summed E-state index contributed by atoms with van der Waals surface area (Å²) in [6.07, 6.45) is 0. The zero-order chi connectivity index (χ0) is 21.4. The van der Waals surface area contributed by atoms with Crippen LogP contribution < -0.4 is 16.2 Å². The minimum atomic E-state index is -0.445. The molecule has 0 saturated heterocycles. The van der Waals surface area contributed by atoms with Gasteiger partial charge in [-0.1, -0.05) is 41.4 Å². The van der Waals surface area contributed by atoms with E-state index >= 15 is 0 Å². The molecule has 0 aliphatic heterocycles. The Bertz CT molecular complexity index is 1270. The second-order valence-corrected chi connectivity index (χ2v) is 8.78. The highest BCUT2D eigenvalue weighted by atomic mass is 35.5. The zero-order valence-corrected chi connectivity index (χ0v) is 18.7. The Morgan fingerprint density at radius 2 is 1.90 bits per heavy atom. The average Bonchev–Trinajstić information content (AvgIpc) is 3.19. The number of thiophene rings is 1. The van der Waals surface area contributed by atoms with Crippen molar-refractivity contribution in [3.8, 4) is 11.1 Å². The average molecular weight is 461 g/mol. The number of fused-ring (bicyclic) bond motifs is 1. The summed E-state index contributed by atoms with van der Waals surface area (Å²) in [6.45, 7) is 3.92. The molecule has 3 heterocycles. The fraction of sp³-hybridized carbons (Fsp3) is 0.150. The van der Waals surface area contributed by atoms with Gasteiger partial charge in [-0.25, -0.2) is 9.78 Å². The quantitative estimate of drug-likeness (QED) is 0.337. The molecule has 0 aliphatic rings. The third-order valence-electron chi connectivity index (χ3n) is 4.56. The van der Waals surface area contributed by atoms with Crippen molar-refractivity contribution in [2.45, 2.75) is 13.8 Å². The van der Waals surface area contributed by atoms with Gasteiger partial charge in [0, 0.05) is 28.6 Å². The van der Waals surface area contributed by atoms with Gasteiger partial charge in [-0.2, -0.15) is 5.10 Å². The Kier molecular flexibility index (Phi) is 5.55. The van der Waals surface area contributed by atoms with Crippen molar-refractivity contribution < 1.29 is 4.79 Å². The van der Waals surface area contributed by atoms with Crippen molar-refractivity contribution in [1.29, 1.82) is 0 Å². The van der Waals surface area contributed by atoms with Gasteiger partial charge in [0.05, 0.1) is 10.7 Å². The van der Waals surface area contributed by atoms with Crippen LogP contribution in [0.5, 0.6) is 0 Å². The number of amides is 2. The van der Waals surface area contributed by atoms with Crippen LogP contribution in [0.4, 0.5) is 15.6 Å². The standard InChI is InChI=1S/C20H18Cl2N6OS/c1-10-8-15(23-19-17(10)11(2)27-28(19)3)25-26-20(29)24-16-9-13(18(22)30-16)12-6-4-5-7-14(12)21/h4-9H,1-3H3,(H,23,25)(H2,24,26,29). The lowest BCUT2D eigenvalue weighted by atomic mass is 10.1. The molecule has 154 valence electrons. The van der Waals surface area contributed by atoms with E-state index in [2.05, 4.69) is 26.3 Å². The smallest absolute Gasteiger partial charge is 0.298 e. The third kappa shape index (κ3) is 3.94. The number of carbonyl (C=O) groups excluding carboxylic acids is 1. The van der Waals surface area contributed by atoms with Crippen LogP contribution in [0.1, 0.15) is 11.3 Å². The van der Waals surface area contributed by atoms with E-state index in [0.717, 1.165) is 33.4 Å². The number of benzene rings is 1. The number of rotatable bonds is 4. The Hall–Kier alpha value is -2.81. The molecular formula is C20H18Cl2N6OS. The molecule has 10 heteroatoms. The van der Waals surface area contributed by atoms with Gasteiger partial charge >= 0.3 is 6.03 Å². The molecule has 0 saturated carbocycles. The summed E-state index contributed by atoms with van der Waals surface area (Å²) in [5.74, 6) is 0.513. The van der Waals surface area contributed by atoms with Crippen molar-refractivity contribution >= 4 is 62.4 Å². The summed E-state index contributed by atoms with van der Waals surface area (Å²) in [4.78, 5) is 16.9. The molecule has 2 amide bonds. The molecule has 4 aromatic rings. The van der Waals surface area contributed by atoms with E-state index in [9.17, 15) is 4.79 Å². The number of aryl methyl sites for hydroxylation is 3. The maximum atomic E-state index is 12.3. The van der Waals surface area contributed by atoms with Crippen molar-refractivity contribution in [1.82, 2.24) is 20.2 Å². The summed E-state index contributed by atoms with van der Waals surface area (Å²) in [5.41, 5.74) is 9.68. The van der Waals surface area contributed by atoms with Gasteiger partial charge in [0.25, 0.3) is 0 Å². The van der Waals surface area contributed by atoms with E-state index in [-0.39, 0.29) is 0 Å². The van der Waals surface area contributed by atoms with Gasteiger partial charge in [-0.3, -0.25) is 20.9 Å². The lowest BCUT2D eigenvalue weighted by Crippen LogP contribution is -2.33. The number of nitrogens with one attached hydrogen (secondary N) is 3. The second kappa shape index (κ2) is 8.14. The van der Waals surface area contributed by atoms with Crippen LogP contribution in [0.3, 0.4) is 0 Å². The van der Waals surface area contributed by atoms with Crippen LogP contribution >= 0.6 is 34.5 Å². The summed E-state index contributed by atoms with van der Waals surface area (Å²) >= 11 is 13.9. The van der Waals surface area contributed by atoms with Crippen molar-refractivity contribution in [3.05, 3.63) is 57.0 Å². The Labute approximate surface area is 187 Å². The van der Waals surface area contributed by atoms with Crippen LogP contribution in [0.2, 0.25) is 9.36 Å². The number of halogens is 2. The Morgan fingerprint density at radius 3 is 2.67 bits per heavy atom. The van der Waals surface area contributed by atoms with E-state index in [1.807, 2.05) is 45.2 Å². The van der Waals surface area contributed by atoms with Crippen molar-refractivity contribution in [2.24, 2.45) is 7.05 Å². The lowest BCUT2D eigenvalue weighted by Gasteiger charge is -2.09. The molecule has 30 heavy (non-hydrogen) atoms. The molecule has 0 atom stereocenters. The molecule has 0 spiro atoms. The molecule has 7 nitrogen and oxygen atoms in total. The number of aromatic nitrogens is 3. The van der Waals surface area contributed by atoms with Gasteiger partial charge in [0.2, 0.25) is 0 Å². The summed E-state index contributed by atoms with van der Waals surface area (Å²) in [5, 5.41) is 9.35. The van der Waals surface area contributed by atoms with Crippen LogP contribution in [-0.4, -0.2) is 20.8 Å². The molecular weight excluding hydrogens is 443 g/mol. The SMILES string of the molecule is Cc1cc(NNC(=O)Nc2cc(-c3ccccc3Cl)c(Cl)s2)nc2c1c(C)nn2C. The van der Waals surface area contributed by atoms with Crippen molar-refractivity contribution in [2.75, 3.05) is 10.7 Å². The van der Waals surface area contributed by atoms with Crippen LogP contribution in [0.25, 0.3) is 22.2 Å². The lowest BCUT2D eigenvalue weighted by molar-refractivity contribution is 0.254. The largest absolute Gasteiger partial charge is 0.338 e. The molecule has 0 fully saturated rings. The molecule has 1 aromatic carbocycles. The molecule has 4 rings (SSSR count). The van der Waals surface area contributed by atoms with Gasteiger partial charge in [-0.05, 0) is 37.6 Å². The van der Waals surface area contributed by atoms with E-state index in [0.29, 0.717) is 20.2 Å². The normalized spacial score (nSPS) is 11.0. The van der Waals surface area contributed by atoms with Gasteiger partial charge in [-0.15, -0.1) is 11.3 Å². The highest BCUT2D eigenvalue weighted by Gasteiger charge is 2.14. The summed E-state index contributed by atoms with van der Waals surface area (Å²) in [6, 6.07) is 10.6. The van der Waals surface area contributed by atoms with E-state index in [1.165, 1.54) is 11.3 Å². The fourth-order valence-electron chi connectivity index (χ4n) is 3.28. The first kappa shape index (κ1) is 20.5.